The molecule has 1 aromatic carbocycles. The Morgan fingerprint density at radius 2 is 1.72 bits per heavy atom. The van der Waals surface area contributed by atoms with Crippen LogP contribution in [0.3, 0.4) is 0 Å². The first kappa shape index (κ1) is 23.6. The highest BCUT2D eigenvalue weighted by Gasteiger charge is 2.34. The third-order valence-electron chi connectivity index (χ3n) is 4.77. The van der Waals surface area contributed by atoms with E-state index in [0.29, 0.717) is 25.2 Å². The summed E-state index contributed by atoms with van der Waals surface area (Å²) < 4.78 is 46.8. The molecule has 0 saturated carbocycles. The van der Waals surface area contributed by atoms with E-state index in [0.717, 1.165) is 5.56 Å². The van der Waals surface area contributed by atoms with Crippen molar-refractivity contribution < 1.29 is 27.4 Å². The molecule has 5 nitrogen and oxygen atoms in total. The summed E-state index contributed by atoms with van der Waals surface area (Å²) in [6.45, 7) is 8.52. The van der Waals surface area contributed by atoms with Gasteiger partial charge in [-0.2, -0.15) is 13.2 Å². The number of halogens is 3. The third-order valence-corrected chi connectivity index (χ3v) is 4.77. The largest absolute Gasteiger partial charge is 0.411 e. The molecule has 0 spiro atoms. The molecule has 29 heavy (non-hydrogen) atoms. The van der Waals surface area contributed by atoms with Crippen molar-refractivity contribution in [3.05, 3.63) is 35.4 Å². The van der Waals surface area contributed by atoms with Crippen molar-refractivity contribution in [2.75, 3.05) is 19.7 Å². The van der Waals surface area contributed by atoms with E-state index in [4.69, 9.17) is 4.74 Å². The number of rotatable bonds is 8. The van der Waals surface area contributed by atoms with E-state index in [1.165, 1.54) is 0 Å². The van der Waals surface area contributed by atoms with E-state index >= 15 is 0 Å². The Labute approximate surface area is 170 Å². The summed E-state index contributed by atoms with van der Waals surface area (Å²) in [7, 11) is 0. The van der Waals surface area contributed by atoms with Gasteiger partial charge < -0.3 is 14.8 Å². The highest BCUT2D eigenvalue weighted by atomic mass is 19.4. The quantitative estimate of drug-likeness (QED) is 0.705. The molecule has 164 valence electrons. The van der Waals surface area contributed by atoms with Gasteiger partial charge in [-0.3, -0.25) is 9.69 Å². The van der Waals surface area contributed by atoms with Crippen LogP contribution in [0.1, 0.15) is 38.8 Å². The molecular formula is C21H31F3N2O3. The summed E-state index contributed by atoms with van der Waals surface area (Å²) in [6.07, 6.45) is -4.16. The lowest BCUT2D eigenvalue weighted by atomic mass is 9.99. The van der Waals surface area contributed by atoms with Crippen LogP contribution in [0, 0.1) is 5.92 Å². The Hall–Kier alpha value is -1.64. The SMILES string of the molecule is CC(C)[C@H](C(=O)NCc1ccc(COCC(F)(F)F)cc1)N1C[C@@H](C)O[C@@H](C)C1. The van der Waals surface area contributed by atoms with Gasteiger partial charge in [0.1, 0.15) is 6.61 Å². The average Bonchev–Trinajstić information content (AvgIpc) is 2.59. The lowest BCUT2D eigenvalue weighted by molar-refractivity contribution is -0.176. The van der Waals surface area contributed by atoms with Crippen LogP contribution in [0.25, 0.3) is 0 Å². The van der Waals surface area contributed by atoms with Crippen LogP contribution < -0.4 is 5.32 Å². The van der Waals surface area contributed by atoms with E-state index in [9.17, 15) is 18.0 Å². The average molecular weight is 416 g/mol. The van der Waals surface area contributed by atoms with Crippen LogP contribution in [-0.2, 0) is 27.4 Å². The number of carbonyl (C=O) groups excluding carboxylic acids is 1. The minimum Gasteiger partial charge on any atom is -0.373 e. The zero-order valence-electron chi connectivity index (χ0n) is 17.5. The van der Waals surface area contributed by atoms with Gasteiger partial charge in [-0.25, -0.2) is 0 Å². The smallest absolute Gasteiger partial charge is 0.373 e. The molecule has 0 aromatic heterocycles. The van der Waals surface area contributed by atoms with Crippen molar-refractivity contribution >= 4 is 5.91 Å². The number of hydrogen-bond donors (Lipinski definition) is 1. The normalized spacial score (nSPS) is 21.9. The zero-order valence-corrected chi connectivity index (χ0v) is 17.5. The molecule has 2 rings (SSSR count). The second kappa shape index (κ2) is 10.4. The van der Waals surface area contributed by atoms with Crippen LogP contribution in [0.4, 0.5) is 13.2 Å². The molecule has 1 N–H and O–H groups in total. The van der Waals surface area contributed by atoms with Gasteiger partial charge in [-0.05, 0) is 30.9 Å². The van der Waals surface area contributed by atoms with Crippen LogP contribution >= 0.6 is 0 Å². The van der Waals surface area contributed by atoms with E-state index in [1.807, 2.05) is 27.7 Å². The highest BCUT2D eigenvalue weighted by molar-refractivity contribution is 5.82. The van der Waals surface area contributed by atoms with Gasteiger partial charge in [0, 0.05) is 19.6 Å². The molecule has 1 heterocycles. The minimum atomic E-state index is -4.33. The van der Waals surface area contributed by atoms with E-state index in [-0.39, 0.29) is 36.7 Å². The van der Waals surface area contributed by atoms with Gasteiger partial charge in [0.05, 0.1) is 24.9 Å². The predicted octanol–water partition coefficient (Wildman–Crippen LogP) is 3.52. The molecule has 1 saturated heterocycles. The number of nitrogens with zero attached hydrogens (tertiary/aromatic N) is 1. The number of nitrogens with one attached hydrogen (secondary N) is 1. The van der Waals surface area contributed by atoms with E-state index in [2.05, 4.69) is 15.0 Å². The van der Waals surface area contributed by atoms with Crippen molar-refractivity contribution in [2.24, 2.45) is 5.92 Å². The summed E-state index contributed by atoms with van der Waals surface area (Å²) in [5.74, 6) is 0.125. The predicted molar refractivity (Wildman–Crippen MR) is 104 cm³/mol. The maximum Gasteiger partial charge on any atom is 0.411 e. The third kappa shape index (κ3) is 7.95. The van der Waals surface area contributed by atoms with Gasteiger partial charge in [-0.1, -0.05) is 38.1 Å². The lowest BCUT2D eigenvalue weighted by Gasteiger charge is -2.41. The van der Waals surface area contributed by atoms with Gasteiger partial charge in [0.25, 0.3) is 0 Å². The maximum atomic E-state index is 12.9. The second-order valence-electron chi connectivity index (χ2n) is 8.04. The summed E-state index contributed by atoms with van der Waals surface area (Å²) >= 11 is 0. The molecule has 0 bridgehead atoms. The lowest BCUT2D eigenvalue weighted by Crippen LogP contribution is -2.56. The molecule has 0 radical (unpaired) electrons. The molecular weight excluding hydrogens is 385 g/mol. The highest BCUT2D eigenvalue weighted by Crippen LogP contribution is 2.19. The first-order valence-corrected chi connectivity index (χ1v) is 9.94. The Morgan fingerprint density at radius 1 is 1.17 bits per heavy atom. The molecule has 1 amide bonds. The van der Waals surface area contributed by atoms with Crippen molar-refractivity contribution in [3.63, 3.8) is 0 Å². The molecule has 8 heteroatoms. The van der Waals surface area contributed by atoms with Gasteiger partial charge in [0.15, 0.2) is 0 Å². The van der Waals surface area contributed by atoms with Gasteiger partial charge in [0.2, 0.25) is 5.91 Å². The number of hydrogen-bond acceptors (Lipinski definition) is 4. The Balaban J connectivity index is 1.87. The Kier molecular flexibility index (Phi) is 8.48. The zero-order chi connectivity index (χ0) is 21.6. The second-order valence-corrected chi connectivity index (χ2v) is 8.04. The van der Waals surface area contributed by atoms with Crippen molar-refractivity contribution in [1.29, 1.82) is 0 Å². The fraction of sp³-hybridized carbons (Fsp3) is 0.667. The molecule has 1 fully saturated rings. The van der Waals surface area contributed by atoms with Crippen molar-refractivity contribution in [2.45, 2.75) is 65.3 Å². The molecule has 1 aliphatic rings. The number of benzene rings is 1. The summed E-state index contributed by atoms with van der Waals surface area (Å²) in [6, 6.07) is 6.76. The van der Waals surface area contributed by atoms with Crippen molar-refractivity contribution in [1.82, 2.24) is 10.2 Å². The molecule has 1 aliphatic heterocycles. The summed E-state index contributed by atoms with van der Waals surface area (Å²) in [5, 5.41) is 2.99. The molecule has 1 aromatic rings. The van der Waals surface area contributed by atoms with Crippen LogP contribution in [0.5, 0.6) is 0 Å². The maximum absolute atomic E-state index is 12.9. The number of morpholine rings is 1. The van der Waals surface area contributed by atoms with E-state index in [1.54, 1.807) is 24.3 Å². The Morgan fingerprint density at radius 3 is 2.24 bits per heavy atom. The first-order chi connectivity index (χ1) is 13.5. The summed E-state index contributed by atoms with van der Waals surface area (Å²) in [4.78, 5) is 15.0. The fourth-order valence-corrected chi connectivity index (χ4v) is 3.67. The van der Waals surface area contributed by atoms with Gasteiger partial charge >= 0.3 is 6.18 Å². The van der Waals surface area contributed by atoms with Crippen LogP contribution in [0.2, 0.25) is 0 Å². The summed E-state index contributed by atoms with van der Waals surface area (Å²) in [5.41, 5.74) is 1.53. The molecule has 0 aliphatic carbocycles. The molecule has 3 atom stereocenters. The first-order valence-electron chi connectivity index (χ1n) is 9.94. The minimum absolute atomic E-state index is 0.0288. The van der Waals surface area contributed by atoms with Crippen LogP contribution in [-0.4, -0.2) is 54.9 Å². The Bertz CT molecular complexity index is 640. The molecule has 0 unspecified atom stereocenters. The standard InChI is InChI=1S/C21H31F3N2O3/c1-14(2)19(26-10-15(3)29-16(4)11-26)20(27)25-9-17-5-7-18(8-6-17)12-28-13-21(22,23)24/h5-8,14-16,19H,9-13H2,1-4H3,(H,25,27)/t15-,16+,19-/m1/s1. The van der Waals surface area contributed by atoms with E-state index < -0.39 is 12.8 Å². The number of carbonyl (C=O) groups is 1. The number of ether oxygens (including phenoxy) is 2. The fourth-order valence-electron chi connectivity index (χ4n) is 3.67. The topological polar surface area (TPSA) is 50.8 Å². The van der Waals surface area contributed by atoms with Gasteiger partial charge in [-0.15, -0.1) is 0 Å². The number of amides is 1. The van der Waals surface area contributed by atoms with Crippen LogP contribution in [0.15, 0.2) is 24.3 Å². The van der Waals surface area contributed by atoms with Crippen molar-refractivity contribution in [3.8, 4) is 0 Å². The monoisotopic (exact) mass is 416 g/mol. The number of alkyl halides is 3.